The lowest BCUT2D eigenvalue weighted by molar-refractivity contribution is 0.0697. The number of carboxylic acids is 1. The predicted octanol–water partition coefficient (Wildman–Crippen LogP) is 2.69. The molecule has 102 valence electrons. The molecule has 2 rings (SSSR count). The molecule has 2 atom stereocenters. The summed E-state index contributed by atoms with van der Waals surface area (Å²) < 4.78 is 0. The van der Waals surface area contributed by atoms with Crippen LogP contribution in [0.4, 0.5) is 10.5 Å². The first-order valence-electron chi connectivity index (χ1n) is 6.45. The van der Waals surface area contributed by atoms with Crippen LogP contribution < -0.4 is 10.6 Å². The van der Waals surface area contributed by atoms with Crippen LogP contribution in [0.1, 0.15) is 36.5 Å². The Bertz CT molecular complexity index is 487. The maximum absolute atomic E-state index is 11.8. The third-order valence-electron chi connectivity index (χ3n) is 3.40. The van der Waals surface area contributed by atoms with E-state index in [4.69, 9.17) is 5.11 Å². The van der Waals surface area contributed by atoms with Gasteiger partial charge in [0.1, 0.15) is 0 Å². The van der Waals surface area contributed by atoms with Crippen molar-refractivity contribution in [1.29, 1.82) is 0 Å². The fourth-order valence-electron chi connectivity index (χ4n) is 2.42. The summed E-state index contributed by atoms with van der Waals surface area (Å²) in [6, 6.07) is 6.16. The molecule has 5 nitrogen and oxygen atoms in total. The number of urea groups is 1. The van der Waals surface area contributed by atoms with Crippen LogP contribution in [0.5, 0.6) is 0 Å². The Morgan fingerprint density at radius 1 is 1.32 bits per heavy atom. The number of aromatic carboxylic acids is 1. The van der Waals surface area contributed by atoms with Crippen molar-refractivity contribution in [2.75, 3.05) is 5.32 Å². The summed E-state index contributed by atoms with van der Waals surface area (Å²) in [4.78, 5) is 22.6. The number of carbonyl (C=O) groups is 2. The normalized spacial score (nSPS) is 21.9. The molecule has 1 fully saturated rings. The van der Waals surface area contributed by atoms with E-state index in [1.165, 1.54) is 12.1 Å². The second-order valence-electron chi connectivity index (χ2n) is 5.10. The number of carbonyl (C=O) groups excluding carboxylic acids is 1. The van der Waals surface area contributed by atoms with Crippen LogP contribution in [0.2, 0.25) is 0 Å². The maximum atomic E-state index is 11.8. The summed E-state index contributed by atoms with van der Waals surface area (Å²) in [7, 11) is 0. The number of nitrogens with one attached hydrogen (secondary N) is 2. The van der Waals surface area contributed by atoms with Crippen molar-refractivity contribution in [3.8, 4) is 0 Å². The van der Waals surface area contributed by atoms with E-state index >= 15 is 0 Å². The molecule has 19 heavy (non-hydrogen) atoms. The fourth-order valence-corrected chi connectivity index (χ4v) is 2.42. The SMILES string of the molecule is CC1CCC(NC(=O)Nc2cccc(C(=O)O)c2)C1. The number of carboxylic acid groups (broad SMARTS) is 1. The third-order valence-corrected chi connectivity index (χ3v) is 3.40. The highest BCUT2D eigenvalue weighted by atomic mass is 16.4. The lowest BCUT2D eigenvalue weighted by Crippen LogP contribution is -2.36. The van der Waals surface area contributed by atoms with Crippen molar-refractivity contribution in [3.05, 3.63) is 29.8 Å². The average Bonchev–Trinajstić information content (AvgIpc) is 2.74. The summed E-state index contributed by atoms with van der Waals surface area (Å²) >= 11 is 0. The molecule has 1 aliphatic carbocycles. The van der Waals surface area contributed by atoms with Crippen molar-refractivity contribution in [1.82, 2.24) is 5.32 Å². The van der Waals surface area contributed by atoms with E-state index in [0.717, 1.165) is 19.3 Å². The van der Waals surface area contributed by atoms with E-state index in [2.05, 4.69) is 17.6 Å². The Kier molecular flexibility index (Phi) is 4.04. The molecule has 0 aliphatic heterocycles. The van der Waals surface area contributed by atoms with Gasteiger partial charge in [-0.15, -0.1) is 0 Å². The topological polar surface area (TPSA) is 78.4 Å². The number of anilines is 1. The van der Waals surface area contributed by atoms with Crippen LogP contribution >= 0.6 is 0 Å². The molecule has 3 N–H and O–H groups in total. The number of amides is 2. The molecule has 2 unspecified atom stereocenters. The van der Waals surface area contributed by atoms with E-state index in [1.54, 1.807) is 12.1 Å². The molecular formula is C14H18N2O3. The Morgan fingerprint density at radius 2 is 2.11 bits per heavy atom. The van der Waals surface area contributed by atoms with Gasteiger partial charge in [0.05, 0.1) is 5.56 Å². The van der Waals surface area contributed by atoms with Crippen molar-refractivity contribution < 1.29 is 14.7 Å². The molecule has 0 aromatic heterocycles. The summed E-state index contributed by atoms with van der Waals surface area (Å²) in [5, 5.41) is 14.4. The number of hydrogen-bond acceptors (Lipinski definition) is 2. The van der Waals surface area contributed by atoms with Gasteiger partial charge in [0.2, 0.25) is 0 Å². The first-order chi connectivity index (χ1) is 9.04. The molecular weight excluding hydrogens is 244 g/mol. The minimum absolute atomic E-state index is 0.160. The lowest BCUT2D eigenvalue weighted by atomic mass is 10.1. The van der Waals surface area contributed by atoms with Crippen molar-refractivity contribution >= 4 is 17.7 Å². The molecule has 1 aromatic carbocycles. The third kappa shape index (κ3) is 3.71. The maximum Gasteiger partial charge on any atom is 0.335 e. The van der Waals surface area contributed by atoms with Crippen LogP contribution in [-0.4, -0.2) is 23.1 Å². The number of benzene rings is 1. The van der Waals surface area contributed by atoms with Crippen LogP contribution in [0, 0.1) is 5.92 Å². The quantitative estimate of drug-likeness (QED) is 0.783. The van der Waals surface area contributed by atoms with Gasteiger partial charge in [-0.3, -0.25) is 0 Å². The number of hydrogen-bond donors (Lipinski definition) is 3. The molecule has 1 aromatic rings. The highest BCUT2D eigenvalue weighted by molar-refractivity contribution is 5.93. The van der Waals surface area contributed by atoms with Gasteiger partial charge in [-0.05, 0) is 43.4 Å². The summed E-state index contributed by atoms with van der Waals surface area (Å²) in [6.07, 6.45) is 3.14. The summed E-state index contributed by atoms with van der Waals surface area (Å²) in [5.41, 5.74) is 0.649. The van der Waals surface area contributed by atoms with Crippen LogP contribution in [0.3, 0.4) is 0 Å². The minimum Gasteiger partial charge on any atom is -0.478 e. The average molecular weight is 262 g/mol. The van der Waals surface area contributed by atoms with Crippen LogP contribution in [0.25, 0.3) is 0 Å². The first kappa shape index (κ1) is 13.4. The van der Waals surface area contributed by atoms with E-state index in [9.17, 15) is 9.59 Å². The Labute approximate surface area is 112 Å². The Hall–Kier alpha value is -2.04. The lowest BCUT2D eigenvalue weighted by Gasteiger charge is -2.13. The van der Waals surface area contributed by atoms with E-state index in [-0.39, 0.29) is 17.6 Å². The van der Waals surface area contributed by atoms with Gasteiger partial charge in [0, 0.05) is 11.7 Å². The minimum atomic E-state index is -1.01. The van der Waals surface area contributed by atoms with E-state index in [1.807, 2.05) is 0 Å². The zero-order valence-electron chi connectivity index (χ0n) is 10.8. The van der Waals surface area contributed by atoms with Crippen molar-refractivity contribution in [2.24, 2.45) is 5.92 Å². The van der Waals surface area contributed by atoms with Gasteiger partial charge >= 0.3 is 12.0 Å². The predicted molar refractivity (Wildman–Crippen MR) is 72.4 cm³/mol. The zero-order chi connectivity index (χ0) is 13.8. The zero-order valence-corrected chi connectivity index (χ0v) is 10.8. The van der Waals surface area contributed by atoms with Gasteiger partial charge < -0.3 is 15.7 Å². The van der Waals surface area contributed by atoms with Crippen LogP contribution in [-0.2, 0) is 0 Å². The van der Waals surface area contributed by atoms with Gasteiger partial charge in [0.25, 0.3) is 0 Å². The first-order valence-corrected chi connectivity index (χ1v) is 6.45. The van der Waals surface area contributed by atoms with Crippen molar-refractivity contribution in [2.45, 2.75) is 32.2 Å². The van der Waals surface area contributed by atoms with Crippen LogP contribution in [0.15, 0.2) is 24.3 Å². The van der Waals surface area contributed by atoms with Crippen molar-refractivity contribution in [3.63, 3.8) is 0 Å². The second kappa shape index (κ2) is 5.73. The monoisotopic (exact) mass is 262 g/mol. The standard InChI is InChI=1S/C14H18N2O3/c1-9-5-6-12(7-9)16-14(19)15-11-4-2-3-10(8-11)13(17)18/h2-4,8-9,12H,5-7H2,1H3,(H,17,18)(H2,15,16,19). The molecule has 0 spiro atoms. The fraction of sp³-hybridized carbons (Fsp3) is 0.429. The Balaban J connectivity index is 1.91. The molecule has 5 heteroatoms. The highest BCUT2D eigenvalue weighted by Gasteiger charge is 2.22. The second-order valence-corrected chi connectivity index (χ2v) is 5.10. The van der Waals surface area contributed by atoms with Gasteiger partial charge in [0.15, 0.2) is 0 Å². The molecule has 0 radical (unpaired) electrons. The molecule has 1 aliphatic rings. The van der Waals surface area contributed by atoms with Gasteiger partial charge in [-0.1, -0.05) is 13.0 Å². The number of rotatable bonds is 3. The molecule has 0 heterocycles. The summed E-state index contributed by atoms with van der Waals surface area (Å²) in [5.74, 6) is -0.352. The molecule has 0 bridgehead atoms. The molecule has 0 saturated heterocycles. The molecule has 1 saturated carbocycles. The van der Waals surface area contributed by atoms with Gasteiger partial charge in [-0.25, -0.2) is 9.59 Å². The smallest absolute Gasteiger partial charge is 0.335 e. The Morgan fingerprint density at radius 3 is 2.74 bits per heavy atom. The largest absolute Gasteiger partial charge is 0.478 e. The van der Waals surface area contributed by atoms with Gasteiger partial charge in [-0.2, -0.15) is 0 Å². The van der Waals surface area contributed by atoms with E-state index in [0.29, 0.717) is 11.6 Å². The van der Waals surface area contributed by atoms with E-state index < -0.39 is 5.97 Å². The molecule has 2 amide bonds. The summed E-state index contributed by atoms with van der Waals surface area (Å²) in [6.45, 7) is 2.18. The highest BCUT2D eigenvalue weighted by Crippen LogP contribution is 2.24.